The van der Waals surface area contributed by atoms with Crippen LogP contribution in [0.3, 0.4) is 0 Å². The van der Waals surface area contributed by atoms with Gasteiger partial charge in [-0.2, -0.15) is 0 Å². The standard InChI is InChI=1S/C26H49NO7P2/c1-4-23(2)22-26(25-11-6-5-7-12-25)14-13-24(3)10-8-18-34-19-9-15-27(16-20-35(28,29)30)17-21-36(31,32)33/h5-7,11-12,23-24,26H,4,8-10,13-22H2,1-3H3,(H2,28,29,30)(H2,31,32,33). The molecule has 0 bridgehead atoms. The molecule has 10 heteroatoms. The van der Waals surface area contributed by atoms with Crippen LogP contribution in [0.2, 0.25) is 0 Å². The van der Waals surface area contributed by atoms with Gasteiger partial charge in [-0.25, -0.2) is 0 Å². The largest absolute Gasteiger partial charge is 0.381 e. The summed E-state index contributed by atoms with van der Waals surface area (Å²) in [5, 5.41) is 0. The maximum Gasteiger partial charge on any atom is 0.326 e. The number of rotatable bonds is 21. The topological polar surface area (TPSA) is 128 Å². The Morgan fingerprint density at radius 1 is 0.806 bits per heavy atom. The first kappa shape index (κ1) is 33.5. The molecule has 36 heavy (non-hydrogen) atoms. The molecular formula is C26H49NO7P2. The minimum Gasteiger partial charge on any atom is -0.381 e. The summed E-state index contributed by atoms with van der Waals surface area (Å²) in [4.78, 5) is 38.0. The van der Waals surface area contributed by atoms with Crippen LogP contribution in [0.15, 0.2) is 30.3 Å². The highest BCUT2D eigenvalue weighted by Crippen LogP contribution is 2.36. The Bertz CT molecular complexity index is 758. The molecule has 1 aromatic carbocycles. The fraction of sp³-hybridized carbons (Fsp3) is 0.769. The zero-order chi connectivity index (χ0) is 27.0. The van der Waals surface area contributed by atoms with E-state index >= 15 is 0 Å². The third kappa shape index (κ3) is 17.8. The van der Waals surface area contributed by atoms with Gasteiger partial charge >= 0.3 is 15.2 Å². The molecule has 0 radical (unpaired) electrons. The lowest BCUT2D eigenvalue weighted by molar-refractivity contribution is 0.115. The van der Waals surface area contributed by atoms with Crippen molar-refractivity contribution >= 4 is 15.2 Å². The van der Waals surface area contributed by atoms with Crippen LogP contribution in [-0.4, -0.2) is 69.6 Å². The van der Waals surface area contributed by atoms with E-state index in [2.05, 4.69) is 51.1 Å². The van der Waals surface area contributed by atoms with Crippen LogP contribution in [0.5, 0.6) is 0 Å². The van der Waals surface area contributed by atoms with Gasteiger partial charge in [0.1, 0.15) is 0 Å². The molecule has 0 fully saturated rings. The Balaban J connectivity index is 2.28. The van der Waals surface area contributed by atoms with Gasteiger partial charge < -0.3 is 29.2 Å². The van der Waals surface area contributed by atoms with E-state index in [1.54, 1.807) is 4.90 Å². The summed E-state index contributed by atoms with van der Waals surface area (Å²) in [6, 6.07) is 10.9. The fourth-order valence-electron chi connectivity index (χ4n) is 4.33. The molecule has 1 aromatic rings. The number of hydrogen-bond donors (Lipinski definition) is 4. The first-order valence-corrected chi connectivity index (χ1v) is 16.9. The highest BCUT2D eigenvalue weighted by atomic mass is 31.2. The van der Waals surface area contributed by atoms with Crippen molar-refractivity contribution in [3.8, 4) is 0 Å². The summed E-state index contributed by atoms with van der Waals surface area (Å²) < 4.78 is 28.0. The summed E-state index contributed by atoms with van der Waals surface area (Å²) in [5.41, 5.74) is 1.45. The molecule has 0 saturated heterocycles. The molecule has 210 valence electrons. The lowest BCUT2D eigenvalue weighted by Crippen LogP contribution is -2.31. The van der Waals surface area contributed by atoms with Crippen LogP contribution in [0.25, 0.3) is 0 Å². The lowest BCUT2D eigenvalue weighted by Gasteiger charge is -2.23. The van der Waals surface area contributed by atoms with Crippen molar-refractivity contribution in [3.05, 3.63) is 35.9 Å². The van der Waals surface area contributed by atoms with E-state index in [0.717, 1.165) is 18.8 Å². The summed E-state index contributed by atoms with van der Waals surface area (Å²) in [6.45, 7) is 8.78. The molecule has 0 amide bonds. The SMILES string of the molecule is CCC(C)CC(CCC(C)CCCOCCCN(CCP(=O)(O)O)CCP(=O)(O)O)c1ccccc1. The van der Waals surface area contributed by atoms with Gasteiger partial charge in [-0.3, -0.25) is 9.13 Å². The number of hydrogen-bond acceptors (Lipinski definition) is 4. The van der Waals surface area contributed by atoms with E-state index in [9.17, 15) is 9.13 Å². The third-order valence-electron chi connectivity index (χ3n) is 6.83. The Labute approximate surface area is 218 Å². The highest BCUT2D eigenvalue weighted by Gasteiger charge is 2.19. The third-order valence-corrected chi connectivity index (χ3v) is 8.39. The highest BCUT2D eigenvalue weighted by molar-refractivity contribution is 7.52. The van der Waals surface area contributed by atoms with Crippen LogP contribution in [0.1, 0.15) is 77.2 Å². The molecule has 0 saturated carbocycles. The van der Waals surface area contributed by atoms with Crippen LogP contribution >= 0.6 is 15.2 Å². The van der Waals surface area contributed by atoms with Gasteiger partial charge in [0.2, 0.25) is 0 Å². The molecule has 4 N–H and O–H groups in total. The first-order valence-electron chi connectivity index (χ1n) is 13.3. The van der Waals surface area contributed by atoms with Crippen LogP contribution < -0.4 is 0 Å². The second-order valence-corrected chi connectivity index (χ2v) is 13.8. The average molecular weight is 550 g/mol. The number of nitrogens with zero attached hydrogens (tertiary/aromatic N) is 1. The Hall–Kier alpha value is -0.560. The molecule has 1 rings (SSSR count). The lowest BCUT2D eigenvalue weighted by atomic mass is 9.83. The van der Waals surface area contributed by atoms with E-state index in [1.165, 1.54) is 31.2 Å². The fourth-order valence-corrected chi connectivity index (χ4v) is 5.42. The summed E-state index contributed by atoms with van der Waals surface area (Å²) in [5.74, 6) is 1.97. The molecule has 8 nitrogen and oxygen atoms in total. The molecule has 0 aliphatic rings. The quantitative estimate of drug-likeness (QED) is 0.117. The van der Waals surface area contributed by atoms with Crippen molar-refractivity contribution in [1.29, 1.82) is 0 Å². The minimum absolute atomic E-state index is 0.100. The monoisotopic (exact) mass is 549 g/mol. The van der Waals surface area contributed by atoms with E-state index in [4.69, 9.17) is 24.3 Å². The first-order chi connectivity index (χ1) is 16.9. The zero-order valence-corrected chi connectivity index (χ0v) is 24.2. The van der Waals surface area contributed by atoms with Gasteiger partial charge in [-0.1, -0.05) is 63.9 Å². The Morgan fingerprint density at radius 2 is 1.39 bits per heavy atom. The van der Waals surface area contributed by atoms with E-state index in [1.807, 2.05) is 0 Å². The Kier molecular flexibility index (Phi) is 16.6. The predicted molar refractivity (Wildman–Crippen MR) is 147 cm³/mol. The smallest absolute Gasteiger partial charge is 0.326 e. The van der Waals surface area contributed by atoms with E-state index in [-0.39, 0.29) is 25.4 Å². The van der Waals surface area contributed by atoms with Gasteiger partial charge in [0.15, 0.2) is 0 Å². The van der Waals surface area contributed by atoms with Crippen molar-refractivity contribution in [3.63, 3.8) is 0 Å². The molecule has 3 unspecified atom stereocenters. The van der Waals surface area contributed by atoms with Gasteiger partial charge in [0.25, 0.3) is 0 Å². The minimum atomic E-state index is -4.15. The van der Waals surface area contributed by atoms with Crippen molar-refractivity contribution in [2.45, 2.75) is 71.6 Å². The van der Waals surface area contributed by atoms with E-state index < -0.39 is 15.2 Å². The van der Waals surface area contributed by atoms with Crippen molar-refractivity contribution < 1.29 is 33.4 Å². The normalized spacial score (nSPS) is 15.2. The van der Waals surface area contributed by atoms with Crippen LogP contribution in [0, 0.1) is 11.8 Å². The average Bonchev–Trinajstić information content (AvgIpc) is 2.81. The number of ether oxygens (including phenoxy) is 1. The maximum absolute atomic E-state index is 11.1. The molecular weight excluding hydrogens is 500 g/mol. The number of benzene rings is 1. The van der Waals surface area contributed by atoms with Crippen LogP contribution in [-0.2, 0) is 13.9 Å². The predicted octanol–water partition coefficient (Wildman–Crippen LogP) is 5.47. The van der Waals surface area contributed by atoms with E-state index in [0.29, 0.717) is 38.0 Å². The van der Waals surface area contributed by atoms with Crippen LogP contribution in [0.4, 0.5) is 0 Å². The summed E-state index contributed by atoms with van der Waals surface area (Å²) >= 11 is 0. The van der Waals surface area contributed by atoms with Crippen molar-refractivity contribution in [2.24, 2.45) is 11.8 Å². The second kappa shape index (κ2) is 17.9. The molecule has 0 spiro atoms. The summed E-state index contributed by atoms with van der Waals surface area (Å²) in [6.07, 6.45) is 6.94. The zero-order valence-electron chi connectivity index (χ0n) is 22.4. The Morgan fingerprint density at radius 3 is 1.94 bits per heavy atom. The van der Waals surface area contributed by atoms with Gasteiger partial charge in [-0.15, -0.1) is 0 Å². The second-order valence-electron chi connectivity index (χ2n) is 10.3. The van der Waals surface area contributed by atoms with Gasteiger partial charge in [0, 0.05) is 32.8 Å². The van der Waals surface area contributed by atoms with Gasteiger partial charge in [-0.05, 0) is 55.4 Å². The maximum atomic E-state index is 11.1. The molecule has 3 atom stereocenters. The van der Waals surface area contributed by atoms with Crippen molar-refractivity contribution in [2.75, 3.05) is 45.2 Å². The molecule has 0 aliphatic carbocycles. The molecule has 0 heterocycles. The molecule has 0 aliphatic heterocycles. The van der Waals surface area contributed by atoms with Gasteiger partial charge in [0.05, 0.1) is 12.3 Å². The summed E-state index contributed by atoms with van der Waals surface area (Å²) in [7, 11) is -8.31. The van der Waals surface area contributed by atoms with Crippen molar-refractivity contribution in [1.82, 2.24) is 4.90 Å². The molecule has 0 aromatic heterocycles.